The number of benzene rings is 1. The lowest BCUT2D eigenvalue weighted by Gasteiger charge is -2.05. The molecular weight excluding hydrogens is 314 g/mol. The highest BCUT2D eigenvalue weighted by Gasteiger charge is 2.11. The van der Waals surface area contributed by atoms with Crippen LogP contribution in [0.15, 0.2) is 27.1 Å². The van der Waals surface area contributed by atoms with Gasteiger partial charge >= 0.3 is 0 Å². The smallest absolute Gasteiger partial charge is 0.234 e. The van der Waals surface area contributed by atoms with Crippen LogP contribution in [0.5, 0.6) is 0 Å². The molecule has 1 amide bonds. The van der Waals surface area contributed by atoms with Crippen LogP contribution >= 0.6 is 11.8 Å². The van der Waals surface area contributed by atoms with E-state index >= 15 is 0 Å². The molecule has 0 saturated heterocycles. The van der Waals surface area contributed by atoms with E-state index in [4.69, 9.17) is 8.94 Å². The maximum Gasteiger partial charge on any atom is 0.234 e. The monoisotopic (exact) mass is 331 g/mol. The molecule has 0 bridgehead atoms. The zero-order valence-corrected chi connectivity index (χ0v) is 14.0. The number of fused-ring (bicyclic) bond motifs is 1. The second-order valence-electron chi connectivity index (χ2n) is 5.26. The number of nitrogens with zero attached hydrogens (tertiary/aromatic N) is 2. The Hall–Kier alpha value is -2.28. The molecule has 0 unspecified atom stereocenters. The van der Waals surface area contributed by atoms with Gasteiger partial charge in [-0.25, -0.2) is 4.98 Å². The number of oxazole rings is 1. The Morgan fingerprint density at radius 2 is 2.13 bits per heavy atom. The third kappa shape index (κ3) is 3.56. The minimum Gasteiger partial charge on any atom is -0.441 e. The molecule has 1 N–H and O–H groups in total. The standard InChI is InChI=1S/C16H17N3O3S/c1-9-13(10(2)22-19-9)7-23-8-16(20)18-12-4-5-15-14(6-12)17-11(3)21-15/h4-6H,7-8H2,1-3H3,(H,18,20). The summed E-state index contributed by atoms with van der Waals surface area (Å²) < 4.78 is 10.5. The van der Waals surface area contributed by atoms with Crippen molar-refractivity contribution in [1.82, 2.24) is 10.1 Å². The van der Waals surface area contributed by atoms with E-state index in [1.165, 1.54) is 11.8 Å². The van der Waals surface area contributed by atoms with Gasteiger partial charge in [0.1, 0.15) is 11.3 Å². The highest BCUT2D eigenvalue weighted by Crippen LogP contribution is 2.21. The van der Waals surface area contributed by atoms with Gasteiger partial charge in [0.05, 0.1) is 11.4 Å². The second kappa shape index (κ2) is 6.45. The Morgan fingerprint density at radius 3 is 2.87 bits per heavy atom. The van der Waals surface area contributed by atoms with E-state index in [1.54, 1.807) is 6.92 Å². The quantitative estimate of drug-likeness (QED) is 0.769. The van der Waals surface area contributed by atoms with E-state index in [9.17, 15) is 4.79 Å². The Bertz CT molecular complexity index is 834. The van der Waals surface area contributed by atoms with E-state index in [2.05, 4.69) is 15.5 Å². The summed E-state index contributed by atoms with van der Waals surface area (Å²) in [5, 5.41) is 6.78. The van der Waals surface area contributed by atoms with Gasteiger partial charge in [-0.15, -0.1) is 11.8 Å². The van der Waals surface area contributed by atoms with Crippen LogP contribution < -0.4 is 5.32 Å². The van der Waals surface area contributed by atoms with Crippen molar-refractivity contribution in [3.05, 3.63) is 41.1 Å². The molecule has 120 valence electrons. The summed E-state index contributed by atoms with van der Waals surface area (Å²) in [6.07, 6.45) is 0. The zero-order chi connectivity index (χ0) is 16.4. The molecule has 0 aliphatic rings. The number of rotatable bonds is 5. The number of amides is 1. The minimum atomic E-state index is -0.0543. The van der Waals surface area contributed by atoms with Crippen molar-refractivity contribution in [1.29, 1.82) is 0 Å². The highest BCUT2D eigenvalue weighted by molar-refractivity contribution is 7.99. The number of thioether (sulfide) groups is 1. The van der Waals surface area contributed by atoms with Crippen LogP contribution in [0.3, 0.4) is 0 Å². The second-order valence-corrected chi connectivity index (χ2v) is 6.24. The zero-order valence-electron chi connectivity index (χ0n) is 13.2. The molecule has 0 aliphatic carbocycles. The molecule has 0 spiro atoms. The Balaban J connectivity index is 1.56. The van der Waals surface area contributed by atoms with Gasteiger partial charge < -0.3 is 14.3 Å². The van der Waals surface area contributed by atoms with Crippen molar-refractivity contribution in [3.8, 4) is 0 Å². The largest absolute Gasteiger partial charge is 0.441 e. The third-order valence-corrected chi connectivity index (χ3v) is 4.40. The van der Waals surface area contributed by atoms with Crippen LogP contribution in [-0.2, 0) is 10.5 Å². The molecule has 3 aromatic rings. The number of hydrogen-bond acceptors (Lipinski definition) is 6. The topological polar surface area (TPSA) is 81.2 Å². The van der Waals surface area contributed by atoms with Crippen LogP contribution in [0.2, 0.25) is 0 Å². The first-order valence-electron chi connectivity index (χ1n) is 7.19. The number of carbonyl (C=O) groups is 1. The first kappa shape index (κ1) is 15.6. The summed E-state index contributed by atoms with van der Waals surface area (Å²) in [6, 6.07) is 5.43. The lowest BCUT2D eigenvalue weighted by molar-refractivity contribution is -0.113. The fourth-order valence-electron chi connectivity index (χ4n) is 2.27. The van der Waals surface area contributed by atoms with Gasteiger partial charge in [0, 0.05) is 23.9 Å². The van der Waals surface area contributed by atoms with Crippen molar-refractivity contribution in [3.63, 3.8) is 0 Å². The molecule has 1 aromatic carbocycles. The van der Waals surface area contributed by atoms with Gasteiger partial charge in [-0.1, -0.05) is 5.16 Å². The third-order valence-electron chi connectivity index (χ3n) is 3.44. The van der Waals surface area contributed by atoms with E-state index in [0.29, 0.717) is 28.7 Å². The van der Waals surface area contributed by atoms with Crippen LogP contribution in [-0.4, -0.2) is 21.8 Å². The molecule has 2 aromatic heterocycles. The molecule has 0 aliphatic heterocycles. The summed E-state index contributed by atoms with van der Waals surface area (Å²) in [5.41, 5.74) is 4.11. The Kier molecular flexibility index (Phi) is 4.38. The Labute approximate surface area is 137 Å². The number of carbonyl (C=O) groups excluding carboxylic acids is 1. The van der Waals surface area contributed by atoms with E-state index < -0.39 is 0 Å². The van der Waals surface area contributed by atoms with Crippen molar-refractivity contribution in [2.24, 2.45) is 0 Å². The van der Waals surface area contributed by atoms with Crippen LogP contribution in [0, 0.1) is 20.8 Å². The van der Waals surface area contributed by atoms with Crippen LogP contribution in [0.25, 0.3) is 11.1 Å². The molecule has 0 radical (unpaired) electrons. The molecule has 7 heteroatoms. The lowest BCUT2D eigenvalue weighted by Crippen LogP contribution is -2.14. The van der Waals surface area contributed by atoms with Gasteiger partial charge in [0.2, 0.25) is 5.91 Å². The lowest BCUT2D eigenvalue weighted by atomic mass is 10.2. The SMILES string of the molecule is Cc1nc2cc(NC(=O)CSCc3c(C)noc3C)ccc2o1. The minimum absolute atomic E-state index is 0.0543. The highest BCUT2D eigenvalue weighted by atomic mass is 32.2. The van der Waals surface area contributed by atoms with E-state index in [-0.39, 0.29) is 5.91 Å². The summed E-state index contributed by atoms with van der Waals surface area (Å²) in [7, 11) is 0. The summed E-state index contributed by atoms with van der Waals surface area (Å²) in [5.74, 6) is 2.43. The molecule has 6 nitrogen and oxygen atoms in total. The molecule has 2 heterocycles. The first-order valence-corrected chi connectivity index (χ1v) is 8.35. The molecular formula is C16H17N3O3S. The average Bonchev–Trinajstić information content (AvgIpc) is 3.02. The van der Waals surface area contributed by atoms with Gasteiger partial charge in [-0.2, -0.15) is 0 Å². The maximum atomic E-state index is 12.0. The number of aromatic nitrogens is 2. The van der Waals surface area contributed by atoms with Crippen molar-refractivity contribution in [2.45, 2.75) is 26.5 Å². The average molecular weight is 331 g/mol. The van der Waals surface area contributed by atoms with Crippen molar-refractivity contribution in [2.75, 3.05) is 11.1 Å². The normalized spacial score (nSPS) is 11.1. The summed E-state index contributed by atoms with van der Waals surface area (Å²) in [6.45, 7) is 5.58. The first-order chi connectivity index (χ1) is 11.0. The van der Waals surface area contributed by atoms with Crippen molar-refractivity contribution >= 4 is 34.5 Å². The molecule has 0 saturated carbocycles. The number of aryl methyl sites for hydroxylation is 3. The fraction of sp³-hybridized carbons (Fsp3) is 0.312. The van der Waals surface area contributed by atoms with E-state index in [0.717, 1.165) is 22.5 Å². The predicted molar refractivity (Wildman–Crippen MR) is 89.5 cm³/mol. The molecule has 0 atom stereocenters. The molecule has 0 fully saturated rings. The molecule has 23 heavy (non-hydrogen) atoms. The van der Waals surface area contributed by atoms with Gasteiger partial charge in [-0.05, 0) is 32.0 Å². The number of hydrogen-bond donors (Lipinski definition) is 1. The fourth-order valence-corrected chi connectivity index (χ4v) is 3.25. The van der Waals surface area contributed by atoms with Crippen LogP contribution in [0.1, 0.15) is 22.9 Å². The summed E-state index contributed by atoms with van der Waals surface area (Å²) in [4.78, 5) is 16.3. The van der Waals surface area contributed by atoms with Gasteiger partial charge in [-0.3, -0.25) is 4.79 Å². The van der Waals surface area contributed by atoms with Gasteiger partial charge in [0.15, 0.2) is 11.5 Å². The van der Waals surface area contributed by atoms with E-state index in [1.807, 2.05) is 32.0 Å². The maximum absolute atomic E-state index is 12.0. The van der Waals surface area contributed by atoms with Gasteiger partial charge in [0.25, 0.3) is 0 Å². The predicted octanol–water partition coefficient (Wildman–Crippen LogP) is 3.61. The number of nitrogens with one attached hydrogen (secondary N) is 1. The summed E-state index contributed by atoms with van der Waals surface area (Å²) >= 11 is 1.53. The van der Waals surface area contributed by atoms with Crippen LogP contribution in [0.4, 0.5) is 5.69 Å². The molecule has 3 rings (SSSR count). The van der Waals surface area contributed by atoms with Crippen molar-refractivity contribution < 1.29 is 13.7 Å². The number of anilines is 1. The Morgan fingerprint density at radius 1 is 1.30 bits per heavy atom.